The zero-order chi connectivity index (χ0) is 15.2. The Labute approximate surface area is 133 Å². The topological polar surface area (TPSA) is 71.1 Å². The van der Waals surface area contributed by atoms with E-state index in [-0.39, 0.29) is 5.84 Å². The molecule has 0 radical (unpaired) electrons. The van der Waals surface area contributed by atoms with E-state index in [9.17, 15) is 0 Å². The van der Waals surface area contributed by atoms with E-state index in [1.807, 2.05) is 12.1 Å². The minimum atomic E-state index is 0.0566. The van der Waals surface area contributed by atoms with E-state index < -0.39 is 0 Å². The van der Waals surface area contributed by atoms with Crippen molar-refractivity contribution in [3.8, 4) is 5.75 Å². The Morgan fingerprint density at radius 2 is 2.33 bits per heavy atom. The molecule has 1 aromatic rings. The fraction of sp³-hybridized carbons (Fsp3) is 0.533. The van der Waals surface area contributed by atoms with Crippen molar-refractivity contribution >= 4 is 21.8 Å². The largest absolute Gasteiger partial charge is 0.493 e. The van der Waals surface area contributed by atoms with Crippen LogP contribution in [0.2, 0.25) is 0 Å². The van der Waals surface area contributed by atoms with Gasteiger partial charge in [0.05, 0.1) is 12.2 Å². The summed E-state index contributed by atoms with van der Waals surface area (Å²) in [5.41, 5.74) is 6.29. The highest BCUT2D eigenvalue weighted by molar-refractivity contribution is 9.10. The average Bonchev–Trinajstić information content (AvgIpc) is 2.49. The summed E-state index contributed by atoms with van der Waals surface area (Å²) in [5.74, 6) is 0.702. The first kappa shape index (κ1) is 16.1. The summed E-state index contributed by atoms with van der Waals surface area (Å²) in [6.07, 6.45) is 4.80. The van der Waals surface area contributed by atoms with Gasteiger partial charge in [0.1, 0.15) is 5.75 Å². The number of rotatable bonds is 5. The molecule has 1 heterocycles. The summed E-state index contributed by atoms with van der Waals surface area (Å²) in [5, 5.41) is 11.9. The van der Waals surface area contributed by atoms with Crippen molar-refractivity contribution in [3.05, 3.63) is 28.2 Å². The normalized spacial score (nSPS) is 20.5. The SMILES string of the molecule is CN1CCCCC1CCOc1ccc(Br)cc1/C(N)=N/O. The predicted octanol–water partition coefficient (Wildman–Crippen LogP) is 2.80. The third-order valence-electron chi connectivity index (χ3n) is 3.96. The number of benzene rings is 1. The van der Waals surface area contributed by atoms with Crippen molar-refractivity contribution in [2.45, 2.75) is 31.7 Å². The van der Waals surface area contributed by atoms with Crippen molar-refractivity contribution in [1.82, 2.24) is 4.90 Å². The number of halogens is 1. The molecule has 1 aliphatic rings. The predicted molar refractivity (Wildman–Crippen MR) is 87.0 cm³/mol. The van der Waals surface area contributed by atoms with E-state index in [1.54, 1.807) is 6.07 Å². The van der Waals surface area contributed by atoms with Gasteiger partial charge in [-0.1, -0.05) is 27.5 Å². The van der Waals surface area contributed by atoms with E-state index in [0.29, 0.717) is 24.0 Å². The Morgan fingerprint density at radius 3 is 3.05 bits per heavy atom. The second-order valence-corrected chi connectivity index (χ2v) is 6.31. The molecule has 0 bridgehead atoms. The molecule has 0 saturated carbocycles. The molecule has 2 rings (SSSR count). The first-order valence-corrected chi connectivity index (χ1v) is 8.01. The minimum absolute atomic E-state index is 0.0566. The van der Waals surface area contributed by atoms with Gasteiger partial charge in [-0.2, -0.15) is 0 Å². The summed E-state index contributed by atoms with van der Waals surface area (Å²) in [6, 6.07) is 6.09. The smallest absolute Gasteiger partial charge is 0.173 e. The molecule has 1 aromatic carbocycles. The second kappa shape index (κ2) is 7.66. The number of amidine groups is 1. The molecule has 1 saturated heterocycles. The van der Waals surface area contributed by atoms with Crippen LogP contribution in [0, 0.1) is 0 Å². The van der Waals surface area contributed by atoms with Gasteiger partial charge in [0, 0.05) is 10.5 Å². The fourth-order valence-electron chi connectivity index (χ4n) is 2.70. The maximum atomic E-state index is 8.85. The highest BCUT2D eigenvalue weighted by Gasteiger charge is 2.19. The Morgan fingerprint density at radius 1 is 1.52 bits per heavy atom. The molecular weight excluding hydrogens is 334 g/mol. The highest BCUT2D eigenvalue weighted by Crippen LogP contribution is 2.24. The molecular formula is C15H22BrN3O2. The van der Waals surface area contributed by atoms with Crippen LogP contribution in [-0.4, -0.2) is 42.2 Å². The van der Waals surface area contributed by atoms with Gasteiger partial charge in [-0.25, -0.2) is 0 Å². The van der Waals surface area contributed by atoms with Crippen LogP contribution in [0.4, 0.5) is 0 Å². The van der Waals surface area contributed by atoms with Crippen molar-refractivity contribution < 1.29 is 9.94 Å². The molecule has 0 spiro atoms. The van der Waals surface area contributed by atoms with Gasteiger partial charge < -0.3 is 20.6 Å². The van der Waals surface area contributed by atoms with Crippen molar-refractivity contribution in [2.75, 3.05) is 20.2 Å². The third kappa shape index (κ3) is 4.35. The molecule has 6 heteroatoms. The van der Waals surface area contributed by atoms with Crippen LogP contribution < -0.4 is 10.5 Å². The third-order valence-corrected chi connectivity index (χ3v) is 4.45. The quantitative estimate of drug-likeness (QED) is 0.368. The number of ether oxygens (including phenoxy) is 1. The van der Waals surface area contributed by atoms with Crippen LogP contribution in [0.25, 0.3) is 0 Å². The van der Waals surface area contributed by atoms with Crippen LogP contribution in [0.3, 0.4) is 0 Å². The zero-order valence-electron chi connectivity index (χ0n) is 12.3. The van der Waals surface area contributed by atoms with Crippen molar-refractivity contribution in [1.29, 1.82) is 0 Å². The average molecular weight is 356 g/mol. The number of nitrogens with zero attached hydrogens (tertiary/aromatic N) is 2. The van der Waals surface area contributed by atoms with Crippen LogP contribution in [0.1, 0.15) is 31.2 Å². The molecule has 1 atom stereocenters. The lowest BCUT2D eigenvalue weighted by molar-refractivity contribution is 0.153. The lowest BCUT2D eigenvalue weighted by atomic mass is 10.0. The van der Waals surface area contributed by atoms with E-state index in [4.69, 9.17) is 15.7 Å². The van der Waals surface area contributed by atoms with Gasteiger partial charge in [-0.3, -0.25) is 0 Å². The van der Waals surface area contributed by atoms with Crippen LogP contribution in [0.5, 0.6) is 5.75 Å². The molecule has 5 nitrogen and oxygen atoms in total. The molecule has 1 unspecified atom stereocenters. The Kier molecular flexibility index (Phi) is 5.87. The fourth-order valence-corrected chi connectivity index (χ4v) is 3.06. The summed E-state index contributed by atoms with van der Waals surface area (Å²) in [4.78, 5) is 2.40. The molecule has 116 valence electrons. The molecule has 0 amide bonds. The summed E-state index contributed by atoms with van der Waals surface area (Å²) in [6.45, 7) is 1.79. The maximum Gasteiger partial charge on any atom is 0.173 e. The molecule has 1 aliphatic heterocycles. The molecule has 21 heavy (non-hydrogen) atoms. The Hall–Kier alpha value is -1.27. The van der Waals surface area contributed by atoms with Gasteiger partial charge in [0.2, 0.25) is 0 Å². The van der Waals surface area contributed by atoms with Crippen LogP contribution in [0.15, 0.2) is 27.8 Å². The standard InChI is InChI=1S/C15H22BrN3O2/c1-19-8-3-2-4-12(19)7-9-21-14-6-5-11(16)10-13(14)15(17)18-20/h5-6,10,12,20H,2-4,7-9H2,1H3,(H2,17,18). The van der Waals surface area contributed by atoms with Gasteiger partial charge in [-0.05, 0) is 51.1 Å². The van der Waals surface area contributed by atoms with Gasteiger partial charge in [0.25, 0.3) is 0 Å². The number of hydrogen-bond donors (Lipinski definition) is 2. The van der Waals surface area contributed by atoms with Crippen LogP contribution in [-0.2, 0) is 0 Å². The molecule has 0 aliphatic carbocycles. The van der Waals surface area contributed by atoms with Gasteiger partial charge in [-0.15, -0.1) is 0 Å². The Balaban J connectivity index is 1.96. The van der Waals surface area contributed by atoms with Crippen molar-refractivity contribution in [2.24, 2.45) is 10.9 Å². The van der Waals surface area contributed by atoms with E-state index in [0.717, 1.165) is 17.4 Å². The molecule has 3 N–H and O–H groups in total. The number of oxime groups is 1. The first-order chi connectivity index (χ1) is 10.1. The van der Waals surface area contributed by atoms with Crippen molar-refractivity contribution in [3.63, 3.8) is 0 Å². The van der Waals surface area contributed by atoms with Crippen LogP contribution >= 0.6 is 15.9 Å². The summed E-state index contributed by atoms with van der Waals surface area (Å²) in [7, 11) is 2.17. The number of likely N-dealkylation sites (tertiary alicyclic amines) is 1. The van der Waals surface area contributed by atoms with Gasteiger partial charge in [0.15, 0.2) is 5.84 Å². The summed E-state index contributed by atoms with van der Waals surface area (Å²) < 4.78 is 6.71. The van der Waals surface area contributed by atoms with E-state index in [2.05, 4.69) is 33.0 Å². The first-order valence-electron chi connectivity index (χ1n) is 7.22. The number of hydrogen-bond acceptors (Lipinski definition) is 4. The monoisotopic (exact) mass is 355 g/mol. The summed E-state index contributed by atoms with van der Waals surface area (Å²) >= 11 is 3.38. The maximum absolute atomic E-state index is 8.85. The number of piperidine rings is 1. The lowest BCUT2D eigenvalue weighted by Crippen LogP contribution is -2.37. The van der Waals surface area contributed by atoms with E-state index >= 15 is 0 Å². The highest BCUT2D eigenvalue weighted by atomic mass is 79.9. The van der Waals surface area contributed by atoms with E-state index in [1.165, 1.54) is 19.3 Å². The minimum Gasteiger partial charge on any atom is -0.493 e. The zero-order valence-corrected chi connectivity index (χ0v) is 13.8. The molecule has 0 aromatic heterocycles. The van der Waals surface area contributed by atoms with Gasteiger partial charge >= 0.3 is 0 Å². The Bertz CT molecular complexity index is 508. The second-order valence-electron chi connectivity index (χ2n) is 5.39. The number of nitrogens with two attached hydrogens (primary N) is 1. The molecule has 1 fully saturated rings. The lowest BCUT2D eigenvalue weighted by Gasteiger charge is -2.32.